The summed E-state index contributed by atoms with van der Waals surface area (Å²) in [5.74, 6) is -0.657. The molecule has 162 valence electrons. The zero-order valence-electron chi connectivity index (χ0n) is 15.8. The van der Waals surface area contributed by atoms with Gasteiger partial charge in [0, 0.05) is 11.7 Å². The van der Waals surface area contributed by atoms with Crippen LogP contribution in [0.2, 0.25) is 5.02 Å². The molecule has 1 aromatic heterocycles. The predicted octanol–water partition coefficient (Wildman–Crippen LogP) is 5.82. The Morgan fingerprint density at radius 2 is 1.94 bits per heavy atom. The van der Waals surface area contributed by atoms with Crippen LogP contribution >= 0.6 is 23.4 Å². The molecule has 31 heavy (non-hydrogen) atoms. The van der Waals surface area contributed by atoms with Gasteiger partial charge in [-0.25, -0.2) is 4.39 Å². The number of carbonyl (C=O) groups is 1. The van der Waals surface area contributed by atoms with Gasteiger partial charge >= 0.3 is 6.18 Å². The number of thioether (sulfide) groups is 1. The highest BCUT2D eigenvalue weighted by molar-refractivity contribution is 7.99. The number of nitrogens with zero attached hydrogens (tertiary/aromatic N) is 3. The van der Waals surface area contributed by atoms with E-state index in [0.717, 1.165) is 36.7 Å². The lowest BCUT2D eigenvalue weighted by Gasteiger charge is -2.12. The van der Waals surface area contributed by atoms with Crippen LogP contribution in [0.5, 0.6) is 0 Å². The molecule has 1 aliphatic rings. The Morgan fingerprint density at radius 1 is 1.19 bits per heavy atom. The maximum Gasteiger partial charge on any atom is 0.417 e. The van der Waals surface area contributed by atoms with Crippen LogP contribution < -0.4 is 5.32 Å². The standard InChI is InChI=1S/C20H15ClF4N4OS/c21-15-8-5-11(9-14(15)20(23,24)25)26-17(30)10-31-19-28-27-18(29(19)12-6-7-12)13-3-1-2-4-16(13)22/h1-5,8-9,12H,6-7,10H2,(H,26,30). The maximum atomic E-state index is 14.2. The van der Waals surface area contributed by atoms with E-state index in [4.69, 9.17) is 11.6 Å². The molecule has 2 aromatic carbocycles. The molecule has 0 bridgehead atoms. The van der Waals surface area contributed by atoms with Gasteiger partial charge in [-0.15, -0.1) is 10.2 Å². The average Bonchev–Trinajstić information content (AvgIpc) is 3.47. The van der Waals surface area contributed by atoms with Gasteiger partial charge in [0.2, 0.25) is 5.91 Å². The molecular formula is C20H15ClF4N4OS. The highest BCUT2D eigenvalue weighted by atomic mass is 35.5. The zero-order chi connectivity index (χ0) is 22.2. The van der Waals surface area contributed by atoms with Gasteiger partial charge in [0.15, 0.2) is 11.0 Å². The Labute approximate surface area is 183 Å². The second-order valence-electron chi connectivity index (χ2n) is 6.92. The van der Waals surface area contributed by atoms with Gasteiger partial charge in [-0.1, -0.05) is 35.5 Å². The molecule has 3 aromatic rings. The summed E-state index contributed by atoms with van der Waals surface area (Å²) in [5.41, 5.74) is -0.722. The first-order valence-corrected chi connectivity index (χ1v) is 10.6. The Hall–Kier alpha value is -2.59. The summed E-state index contributed by atoms with van der Waals surface area (Å²) in [5, 5.41) is 10.6. The first kappa shape index (κ1) is 21.6. The van der Waals surface area contributed by atoms with E-state index in [1.807, 2.05) is 0 Å². The van der Waals surface area contributed by atoms with Crippen molar-refractivity contribution in [1.82, 2.24) is 14.8 Å². The fraction of sp³-hybridized carbons (Fsp3) is 0.250. The van der Waals surface area contributed by atoms with Crippen LogP contribution in [-0.2, 0) is 11.0 Å². The van der Waals surface area contributed by atoms with Gasteiger partial charge in [0.25, 0.3) is 0 Å². The second kappa shape index (κ2) is 8.51. The summed E-state index contributed by atoms with van der Waals surface area (Å²) in [4.78, 5) is 12.3. The smallest absolute Gasteiger partial charge is 0.325 e. The van der Waals surface area contributed by atoms with Crippen molar-refractivity contribution in [1.29, 1.82) is 0 Å². The second-order valence-corrected chi connectivity index (χ2v) is 8.27. The monoisotopic (exact) mass is 470 g/mol. The lowest BCUT2D eigenvalue weighted by Crippen LogP contribution is -2.15. The predicted molar refractivity (Wildman–Crippen MR) is 109 cm³/mol. The number of anilines is 1. The van der Waals surface area contributed by atoms with E-state index in [0.29, 0.717) is 16.5 Å². The molecule has 1 amide bonds. The van der Waals surface area contributed by atoms with E-state index in [1.165, 1.54) is 12.1 Å². The van der Waals surface area contributed by atoms with Gasteiger partial charge < -0.3 is 5.32 Å². The number of amides is 1. The highest BCUT2D eigenvalue weighted by Gasteiger charge is 2.34. The van der Waals surface area contributed by atoms with Gasteiger partial charge in [0.05, 0.1) is 21.9 Å². The van der Waals surface area contributed by atoms with Crippen molar-refractivity contribution < 1.29 is 22.4 Å². The molecule has 1 heterocycles. The van der Waals surface area contributed by atoms with E-state index in [1.54, 1.807) is 22.8 Å². The molecule has 1 N–H and O–H groups in total. The molecule has 0 spiro atoms. The summed E-state index contributed by atoms with van der Waals surface area (Å²) >= 11 is 6.68. The van der Waals surface area contributed by atoms with E-state index >= 15 is 0 Å². The molecule has 0 radical (unpaired) electrons. The van der Waals surface area contributed by atoms with Gasteiger partial charge in [-0.2, -0.15) is 13.2 Å². The van der Waals surface area contributed by atoms with E-state index in [9.17, 15) is 22.4 Å². The van der Waals surface area contributed by atoms with Crippen LogP contribution in [0.3, 0.4) is 0 Å². The van der Waals surface area contributed by atoms with Crippen LogP contribution in [-0.4, -0.2) is 26.4 Å². The molecule has 0 atom stereocenters. The Morgan fingerprint density at radius 3 is 2.61 bits per heavy atom. The van der Waals surface area contributed by atoms with Crippen molar-refractivity contribution in [3.05, 3.63) is 58.9 Å². The fourth-order valence-electron chi connectivity index (χ4n) is 3.01. The molecule has 1 saturated carbocycles. The number of halogens is 5. The maximum absolute atomic E-state index is 14.2. The quantitative estimate of drug-likeness (QED) is 0.364. The molecule has 4 rings (SSSR count). The summed E-state index contributed by atoms with van der Waals surface area (Å²) in [6, 6.07) is 9.51. The number of nitrogens with one attached hydrogen (secondary N) is 1. The Balaban J connectivity index is 1.48. The first-order valence-electron chi connectivity index (χ1n) is 9.23. The van der Waals surface area contributed by atoms with Crippen molar-refractivity contribution in [2.45, 2.75) is 30.2 Å². The topological polar surface area (TPSA) is 59.8 Å². The summed E-state index contributed by atoms with van der Waals surface area (Å²) in [6.07, 6.45) is -2.84. The largest absolute Gasteiger partial charge is 0.417 e. The minimum absolute atomic E-state index is 0.0157. The molecule has 0 aliphatic heterocycles. The van der Waals surface area contributed by atoms with Crippen LogP contribution in [0, 0.1) is 5.82 Å². The third-order valence-corrected chi connectivity index (χ3v) is 5.85. The summed E-state index contributed by atoms with van der Waals surface area (Å²) < 4.78 is 55.0. The van der Waals surface area contributed by atoms with Crippen LogP contribution in [0.1, 0.15) is 24.4 Å². The minimum Gasteiger partial charge on any atom is -0.325 e. The Bertz CT molecular complexity index is 1130. The van der Waals surface area contributed by atoms with Crippen molar-refractivity contribution >= 4 is 35.0 Å². The molecule has 1 fully saturated rings. The summed E-state index contributed by atoms with van der Waals surface area (Å²) in [7, 11) is 0. The van der Waals surface area contributed by atoms with Crippen LogP contribution in [0.4, 0.5) is 23.2 Å². The van der Waals surface area contributed by atoms with Crippen LogP contribution in [0.15, 0.2) is 47.6 Å². The fourth-order valence-corrected chi connectivity index (χ4v) is 4.04. The molecule has 0 saturated heterocycles. The molecular weight excluding hydrogens is 456 g/mol. The number of rotatable bonds is 6. The van der Waals surface area contributed by atoms with Crippen LogP contribution in [0.25, 0.3) is 11.4 Å². The van der Waals surface area contributed by atoms with Gasteiger partial charge in [0.1, 0.15) is 5.82 Å². The molecule has 0 unspecified atom stereocenters. The van der Waals surface area contributed by atoms with Crippen molar-refractivity contribution in [2.75, 3.05) is 11.1 Å². The zero-order valence-corrected chi connectivity index (χ0v) is 17.4. The number of hydrogen-bond donors (Lipinski definition) is 1. The molecule has 1 aliphatic carbocycles. The normalized spacial score (nSPS) is 14.0. The third kappa shape index (κ3) is 4.85. The highest BCUT2D eigenvalue weighted by Crippen LogP contribution is 2.41. The van der Waals surface area contributed by atoms with Crippen molar-refractivity contribution in [2.24, 2.45) is 0 Å². The number of carbonyl (C=O) groups excluding carboxylic acids is 1. The molecule has 11 heteroatoms. The van der Waals surface area contributed by atoms with Gasteiger partial charge in [-0.3, -0.25) is 9.36 Å². The SMILES string of the molecule is O=C(CSc1nnc(-c2ccccc2F)n1C1CC1)Nc1ccc(Cl)c(C(F)(F)F)c1. The van der Waals surface area contributed by atoms with E-state index in [2.05, 4.69) is 15.5 Å². The van der Waals surface area contributed by atoms with Gasteiger partial charge in [-0.05, 0) is 43.2 Å². The number of alkyl halides is 3. The summed E-state index contributed by atoms with van der Waals surface area (Å²) in [6.45, 7) is 0. The number of benzene rings is 2. The molecule has 5 nitrogen and oxygen atoms in total. The third-order valence-electron chi connectivity index (χ3n) is 4.58. The Kier molecular flexibility index (Phi) is 5.94. The first-order chi connectivity index (χ1) is 14.7. The lowest BCUT2D eigenvalue weighted by molar-refractivity contribution is -0.137. The number of hydrogen-bond acceptors (Lipinski definition) is 4. The van der Waals surface area contributed by atoms with E-state index in [-0.39, 0.29) is 17.5 Å². The van der Waals surface area contributed by atoms with Crippen molar-refractivity contribution in [3.8, 4) is 11.4 Å². The van der Waals surface area contributed by atoms with E-state index < -0.39 is 28.5 Å². The van der Waals surface area contributed by atoms with Crippen molar-refractivity contribution in [3.63, 3.8) is 0 Å². The minimum atomic E-state index is -4.63. The lowest BCUT2D eigenvalue weighted by atomic mass is 10.2. The average molecular weight is 471 g/mol. The number of aromatic nitrogens is 3.